The van der Waals surface area contributed by atoms with Crippen molar-refractivity contribution in [2.24, 2.45) is 0 Å². The zero-order valence-electron chi connectivity index (χ0n) is 8.64. The van der Waals surface area contributed by atoms with Crippen molar-refractivity contribution in [3.05, 3.63) is 32.2 Å². The number of carbonyl (C=O) groups is 1. The number of rotatable bonds is 2. The van der Waals surface area contributed by atoms with Crippen LogP contribution < -0.4 is 5.32 Å². The highest BCUT2D eigenvalue weighted by atomic mass is 79.9. The maximum Gasteiger partial charge on any atom is 0.281 e. The van der Waals surface area contributed by atoms with Crippen LogP contribution in [0.3, 0.4) is 0 Å². The predicted octanol–water partition coefficient (Wildman–Crippen LogP) is 2.36. The van der Waals surface area contributed by atoms with Gasteiger partial charge in [0, 0.05) is 23.2 Å². The third kappa shape index (κ3) is 1.60. The van der Waals surface area contributed by atoms with Crippen molar-refractivity contribution in [2.75, 3.05) is 14.2 Å². The van der Waals surface area contributed by atoms with Crippen LogP contribution >= 0.6 is 31.9 Å². The van der Waals surface area contributed by atoms with Crippen LogP contribution in [0.2, 0.25) is 0 Å². The van der Waals surface area contributed by atoms with Crippen LogP contribution in [0.25, 0.3) is 0 Å². The van der Waals surface area contributed by atoms with Gasteiger partial charge in [-0.15, -0.1) is 0 Å². The summed E-state index contributed by atoms with van der Waals surface area (Å²) in [6.07, 6.45) is 0. The maximum atomic E-state index is 11.8. The van der Waals surface area contributed by atoms with E-state index >= 15 is 0 Å². The highest BCUT2D eigenvalue weighted by Crippen LogP contribution is 2.39. The number of carbonyl (C=O) groups excluding carboxylic acids is 1. The van der Waals surface area contributed by atoms with E-state index < -0.39 is 5.91 Å². The zero-order chi connectivity index (χ0) is 11.9. The van der Waals surface area contributed by atoms with E-state index in [1.807, 2.05) is 6.07 Å². The third-order valence-electron chi connectivity index (χ3n) is 2.48. The van der Waals surface area contributed by atoms with Crippen molar-refractivity contribution in [1.82, 2.24) is 5.32 Å². The smallest absolute Gasteiger partial charge is 0.281 e. The third-order valence-corrected chi connectivity index (χ3v) is 3.57. The molecule has 1 heterocycles. The van der Waals surface area contributed by atoms with E-state index in [4.69, 9.17) is 9.47 Å². The number of hydrogen-bond donors (Lipinski definition) is 1. The molecule has 0 fully saturated rings. The molecule has 1 aromatic carbocycles. The minimum Gasteiger partial charge on any atom is -0.332 e. The molecule has 1 aliphatic heterocycles. The molecule has 0 spiro atoms. The monoisotopic (exact) mass is 349 g/mol. The molecule has 1 aromatic rings. The molecule has 4 nitrogen and oxygen atoms in total. The number of hydrogen-bond acceptors (Lipinski definition) is 3. The SMILES string of the molecule is COC1(OC)NC(=O)c2cc(Br)cc(Br)c21. The summed E-state index contributed by atoms with van der Waals surface area (Å²) in [5, 5.41) is 2.67. The number of fused-ring (bicyclic) bond motifs is 1. The largest absolute Gasteiger partial charge is 0.332 e. The average Bonchev–Trinajstić information content (AvgIpc) is 2.53. The highest BCUT2D eigenvalue weighted by molar-refractivity contribution is 9.11. The number of nitrogens with one attached hydrogen (secondary N) is 1. The number of methoxy groups -OCH3 is 2. The van der Waals surface area contributed by atoms with Crippen molar-refractivity contribution in [1.29, 1.82) is 0 Å². The summed E-state index contributed by atoms with van der Waals surface area (Å²) in [6.45, 7) is 0. The van der Waals surface area contributed by atoms with E-state index in [1.54, 1.807) is 6.07 Å². The van der Waals surface area contributed by atoms with Crippen molar-refractivity contribution in [2.45, 2.75) is 5.91 Å². The molecule has 0 radical (unpaired) electrons. The van der Waals surface area contributed by atoms with Gasteiger partial charge in [-0.05, 0) is 12.1 Å². The topological polar surface area (TPSA) is 47.6 Å². The summed E-state index contributed by atoms with van der Waals surface area (Å²) < 4.78 is 12.1. The normalized spacial score (nSPS) is 17.1. The quantitative estimate of drug-likeness (QED) is 0.833. The van der Waals surface area contributed by atoms with Crippen molar-refractivity contribution in [3.63, 3.8) is 0 Å². The van der Waals surface area contributed by atoms with Gasteiger partial charge in [-0.25, -0.2) is 0 Å². The number of halogens is 2. The van der Waals surface area contributed by atoms with Crippen LogP contribution in [0.5, 0.6) is 0 Å². The molecule has 0 saturated carbocycles. The number of ether oxygens (including phenoxy) is 2. The molecular weight excluding hydrogens is 342 g/mol. The van der Waals surface area contributed by atoms with E-state index in [0.717, 1.165) is 8.95 Å². The second-order valence-electron chi connectivity index (χ2n) is 3.29. The molecular formula is C10H9Br2NO3. The Bertz CT molecular complexity index is 458. The van der Waals surface area contributed by atoms with Gasteiger partial charge in [0.1, 0.15) is 0 Å². The Kier molecular flexibility index (Phi) is 3.09. The highest BCUT2D eigenvalue weighted by Gasteiger charge is 2.45. The Morgan fingerprint density at radius 2 is 1.88 bits per heavy atom. The maximum absolute atomic E-state index is 11.8. The fourth-order valence-corrected chi connectivity index (χ4v) is 3.24. The van der Waals surface area contributed by atoms with E-state index in [-0.39, 0.29) is 5.91 Å². The van der Waals surface area contributed by atoms with Crippen LogP contribution in [0.1, 0.15) is 15.9 Å². The predicted molar refractivity (Wildman–Crippen MR) is 65.0 cm³/mol. The van der Waals surface area contributed by atoms with Crippen LogP contribution in [-0.4, -0.2) is 20.1 Å². The van der Waals surface area contributed by atoms with Gasteiger partial charge in [0.2, 0.25) is 0 Å². The first kappa shape index (κ1) is 12.0. The summed E-state index contributed by atoms with van der Waals surface area (Å²) in [5.41, 5.74) is 1.19. The molecule has 0 unspecified atom stereocenters. The average molecular weight is 351 g/mol. The zero-order valence-corrected chi connectivity index (χ0v) is 11.8. The van der Waals surface area contributed by atoms with E-state index in [9.17, 15) is 4.79 Å². The second-order valence-corrected chi connectivity index (χ2v) is 5.06. The number of benzene rings is 1. The standard InChI is InChI=1S/C10H9Br2NO3/c1-15-10(16-2)8-6(9(14)13-10)3-5(11)4-7(8)12/h3-4H,1-2H3,(H,13,14). The molecule has 86 valence electrons. The first-order valence-electron chi connectivity index (χ1n) is 4.46. The summed E-state index contributed by atoms with van der Waals surface area (Å²) in [6, 6.07) is 3.57. The Morgan fingerprint density at radius 1 is 1.25 bits per heavy atom. The van der Waals surface area contributed by atoms with Crippen LogP contribution in [0.4, 0.5) is 0 Å². The summed E-state index contributed by atoms with van der Waals surface area (Å²) >= 11 is 6.73. The molecule has 0 atom stereocenters. The molecule has 1 aliphatic rings. The van der Waals surface area contributed by atoms with E-state index in [0.29, 0.717) is 11.1 Å². The van der Waals surface area contributed by atoms with Gasteiger partial charge in [0.25, 0.3) is 11.8 Å². The van der Waals surface area contributed by atoms with Gasteiger partial charge in [0.05, 0.1) is 11.1 Å². The van der Waals surface area contributed by atoms with Crippen LogP contribution in [0.15, 0.2) is 21.1 Å². The fourth-order valence-electron chi connectivity index (χ4n) is 1.76. The Balaban J connectivity index is 2.70. The summed E-state index contributed by atoms with van der Waals surface area (Å²) in [5.74, 6) is -1.42. The molecule has 1 amide bonds. The van der Waals surface area contributed by atoms with Crippen molar-refractivity contribution >= 4 is 37.8 Å². The number of amides is 1. The summed E-state index contributed by atoms with van der Waals surface area (Å²) in [4.78, 5) is 11.8. The second kappa shape index (κ2) is 4.10. The Labute approximate surface area is 110 Å². The van der Waals surface area contributed by atoms with Gasteiger partial charge in [-0.1, -0.05) is 31.9 Å². The van der Waals surface area contributed by atoms with E-state index in [2.05, 4.69) is 37.2 Å². The van der Waals surface area contributed by atoms with Gasteiger partial charge in [-0.2, -0.15) is 0 Å². The van der Waals surface area contributed by atoms with Gasteiger partial charge in [0.15, 0.2) is 0 Å². The minimum absolute atomic E-state index is 0.222. The van der Waals surface area contributed by atoms with Crippen LogP contribution in [0, 0.1) is 0 Å². The van der Waals surface area contributed by atoms with Gasteiger partial charge >= 0.3 is 0 Å². The van der Waals surface area contributed by atoms with E-state index in [1.165, 1.54) is 14.2 Å². The Morgan fingerprint density at radius 3 is 2.44 bits per heavy atom. The lowest BCUT2D eigenvalue weighted by Gasteiger charge is -2.27. The Hall–Kier alpha value is -0.430. The molecule has 6 heteroatoms. The van der Waals surface area contributed by atoms with Crippen molar-refractivity contribution in [3.8, 4) is 0 Å². The first-order chi connectivity index (χ1) is 7.54. The molecule has 16 heavy (non-hydrogen) atoms. The molecule has 0 aliphatic carbocycles. The van der Waals surface area contributed by atoms with Crippen LogP contribution in [-0.2, 0) is 15.4 Å². The molecule has 2 rings (SSSR count). The molecule has 0 saturated heterocycles. The van der Waals surface area contributed by atoms with Gasteiger partial charge < -0.3 is 9.47 Å². The van der Waals surface area contributed by atoms with Crippen molar-refractivity contribution < 1.29 is 14.3 Å². The fraction of sp³-hybridized carbons (Fsp3) is 0.300. The summed E-state index contributed by atoms with van der Waals surface area (Å²) in [7, 11) is 2.96. The van der Waals surface area contributed by atoms with Gasteiger partial charge in [-0.3, -0.25) is 10.1 Å². The first-order valence-corrected chi connectivity index (χ1v) is 6.05. The molecule has 1 N–H and O–H groups in total. The lowest BCUT2D eigenvalue weighted by Crippen LogP contribution is -2.42. The molecule has 0 aromatic heterocycles. The lowest BCUT2D eigenvalue weighted by atomic mass is 10.1. The minimum atomic E-state index is -1.20. The molecule has 0 bridgehead atoms. The lowest BCUT2D eigenvalue weighted by molar-refractivity contribution is -0.225.